The lowest BCUT2D eigenvalue weighted by Gasteiger charge is -2.21. The molecule has 2 heterocycles. The summed E-state index contributed by atoms with van der Waals surface area (Å²) in [7, 11) is 3.38. The third-order valence-electron chi connectivity index (χ3n) is 5.07. The number of benzene rings is 2. The molecule has 0 unspecified atom stereocenters. The summed E-state index contributed by atoms with van der Waals surface area (Å²) in [6.45, 7) is 0.630. The molecule has 0 bridgehead atoms. The molecule has 3 N–H and O–H groups in total. The van der Waals surface area contributed by atoms with Gasteiger partial charge < -0.3 is 15.4 Å². The van der Waals surface area contributed by atoms with Gasteiger partial charge >= 0.3 is 5.69 Å². The summed E-state index contributed by atoms with van der Waals surface area (Å²) in [5, 5.41) is 2.81. The number of hydrogen-bond acceptors (Lipinski definition) is 7. The molecule has 0 atom stereocenters. The van der Waals surface area contributed by atoms with E-state index in [2.05, 4.69) is 9.97 Å². The second-order valence-electron chi connectivity index (χ2n) is 7.29. The van der Waals surface area contributed by atoms with E-state index in [0.29, 0.717) is 6.54 Å². The van der Waals surface area contributed by atoms with Crippen LogP contribution in [0.15, 0.2) is 69.6 Å². The second kappa shape index (κ2) is 9.11. The SMILES string of the molecule is COc1ccc(-c2nc(CN(C)c3c(N)n(Cc4ccccc4)c(=O)[nH]c3=O)cs2)cc1. The van der Waals surface area contributed by atoms with Gasteiger partial charge in [-0.15, -0.1) is 11.3 Å². The van der Waals surface area contributed by atoms with Crippen molar-refractivity contribution >= 4 is 22.8 Å². The van der Waals surface area contributed by atoms with Gasteiger partial charge in [-0.25, -0.2) is 9.78 Å². The maximum atomic E-state index is 12.6. The number of aromatic nitrogens is 3. The van der Waals surface area contributed by atoms with Crippen LogP contribution >= 0.6 is 11.3 Å². The van der Waals surface area contributed by atoms with Crippen LogP contribution in [0.2, 0.25) is 0 Å². The molecule has 0 radical (unpaired) electrons. The number of hydrogen-bond donors (Lipinski definition) is 2. The Bertz CT molecular complexity index is 1330. The minimum Gasteiger partial charge on any atom is -0.497 e. The first-order valence-electron chi connectivity index (χ1n) is 9.92. The molecule has 0 fully saturated rings. The van der Waals surface area contributed by atoms with E-state index < -0.39 is 11.2 Å². The van der Waals surface area contributed by atoms with E-state index in [4.69, 9.17) is 10.5 Å². The van der Waals surface area contributed by atoms with Crippen LogP contribution in [-0.4, -0.2) is 28.7 Å². The van der Waals surface area contributed by atoms with Crippen molar-refractivity contribution in [3.8, 4) is 16.3 Å². The molecule has 0 aliphatic rings. The number of ether oxygens (including phenoxy) is 1. The Labute approximate surface area is 188 Å². The van der Waals surface area contributed by atoms with Crippen LogP contribution in [0.4, 0.5) is 11.5 Å². The number of thiazole rings is 1. The van der Waals surface area contributed by atoms with E-state index >= 15 is 0 Å². The van der Waals surface area contributed by atoms with Gasteiger partial charge in [0.1, 0.15) is 22.3 Å². The van der Waals surface area contributed by atoms with E-state index in [0.717, 1.165) is 27.6 Å². The number of nitrogens with one attached hydrogen (secondary N) is 1. The molecule has 9 heteroatoms. The van der Waals surface area contributed by atoms with Gasteiger partial charge in [-0.2, -0.15) is 0 Å². The number of nitrogens with zero attached hydrogens (tertiary/aromatic N) is 3. The van der Waals surface area contributed by atoms with E-state index in [9.17, 15) is 9.59 Å². The zero-order chi connectivity index (χ0) is 22.7. The van der Waals surface area contributed by atoms with Crippen LogP contribution in [0.25, 0.3) is 10.6 Å². The number of rotatable bonds is 7. The normalized spacial score (nSPS) is 10.8. The van der Waals surface area contributed by atoms with E-state index in [1.165, 1.54) is 15.9 Å². The molecule has 2 aromatic carbocycles. The number of aromatic amines is 1. The largest absolute Gasteiger partial charge is 0.497 e. The highest BCUT2D eigenvalue weighted by atomic mass is 32.1. The quantitative estimate of drug-likeness (QED) is 0.449. The van der Waals surface area contributed by atoms with Crippen LogP contribution in [-0.2, 0) is 13.1 Å². The Morgan fingerprint density at radius 2 is 1.84 bits per heavy atom. The Morgan fingerprint density at radius 3 is 2.53 bits per heavy atom. The van der Waals surface area contributed by atoms with Crippen molar-refractivity contribution in [1.29, 1.82) is 0 Å². The zero-order valence-electron chi connectivity index (χ0n) is 17.7. The van der Waals surface area contributed by atoms with Gasteiger partial charge in [0.2, 0.25) is 0 Å². The summed E-state index contributed by atoms with van der Waals surface area (Å²) in [4.78, 5) is 33.7. The number of anilines is 2. The molecule has 0 aliphatic carbocycles. The molecule has 0 aliphatic heterocycles. The third-order valence-corrected chi connectivity index (χ3v) is 6.01. The van der Waals surface area contributed by atoms with Crippen molar-refractivity contribution in [2.75, 3.05) is 24.8 Å². The van der Waals surface area contributed by atoms with Gasteiger partial charge in [-0.3, -0.25) is 14.3 Å². The minimum atomic E-state index is -0.538. The fourth-order valence-corrected chi connectivity index (χ4v) is 4.25. The molecule has 164 valence electrons. The highest BCUT2D eigenvalue weighted by Crippen LogP contribution is 2.27. The average molecular weight is 450 g/mol. The van der Waals surface area contributed by atoms with Crippen molar-refractivity contribution in [3.63, 3.8) is 0 Å². The average Bonchev–Trinajstić information content (AvgIpc) is 3.25. The highest BCUT2D eigenvalue weighted by Gasteiger charge is 2.18. The maximum absolute atomic E-state index is 12.6. The molecule has 0 amide bonds. The highest BCUT2D eigenvalue weighted by molar-refractivity contribution is 7.13. The Kier molecular flexibility index (Phi) is 6.09. The van der Waals surface area contributed by atoms with Crippen LogP contribution < -0.4 is 26.6 Å². The van der Waals surface area contributed by atoms with E-state index in [1.54, 1.807) is 19.1 Å². The predicted molar refractivity (Wildman–Crippen MR) is 127 cm³/mol. The van der Waals surface area contributed by atoms with Crippen LogP contribution in [0.5, 0.6) is 5.75 Å². The lowest BCUT2D eigenvalue weighted by Crippen LogP contribution is -2.37. The summed E-state index contributed by atoms with van der Waals surface area (Å²) in [5.74, 6) is 0.904. The van der Waals surface area contributed by atoms with Gasteiger partial charge in [-0.05, 0) is 29.8 Å². The number of nitrogens with two attached hydrogens (primary N) is 1. The summed E-state index contributed by atoms with van der Waals surface area (Å²) < 4.78 is 6.56. The first-order valence-corrected chi connectivity index (χ1v) is 10.8. The molecule has 4 rings (SSSR count). The van der Waals surface area contributed by atoms with Gasteiger partial charge in [-0.1, -0.05) is 30.3 Å². The van der Waals surface area contributed by atoms with E-state index in [-0.39, 0.29) is 18.1 Å². The molecule has 0 saturated heterocycles. The van der Waals surface area contributed by atoms with Gasteiger partial charge in [0.15, 0.2) is 0 Å². The zero-order valence-corrected chi connectivity index (χ0v) is 18.6. The van der Waals surface area contributed by atoms with Gasteiger partial charge in [0.25, 0.3) is 5.56 Å². The van der Waals surface area contributed by atoms with Crippen LogP contribution in [0.3, 0.4) is 0 Å². The first kappa shape index (κ1) is 21.4. The van der Waals surface area contributed by atoms with Crippen molar-refractivity contribution in [2.24, 2.45) is 0 Å². The number of H-pyrrole nitrogens is 1. The number of methoxy groups -OCH3 is 1. The molecule has 32 heavy (non-hydrogen) atoms. The lowest BCUT2D eigenvalue weighted by molar-refractivity contribution is 0.415. The summed E-state index contributed by atoms with van der Waals surface area (Å²) in [5.41, 5.74) is 8.14. The predicted octanol–water partition coefficient (Wildman–Crippen LogP) is 2.94. The Hall–Kier alpha value is -3.85. The summed E-state index contributed by atoms with van der Waals surface area (Å²) in [6, 6.07) is 17.1. The molecule has 4 aromatic rings. The maximum Gasteiger partial charge on any atom is 0.330 e. The molecular weight excluding hydrogens is 426 g/mol. The van der Waals surface area contributed by atoms with Crippen molar-refractivity contribution in [3.05, 3.63) is 92.1 Å². The Morgan fingerprint density at radius 1 is 1.12 bits per heavy atom. The third kappa shape index (κ3) is 4.42. The molecule has 0 saturated carbocycles. The molecule has 8 nitrogen and oxygen atoms in total. The standard InChI is InChI=1S/C23H23N5O3S/c1-27(13-17-14-32-22(25-17)16-8-10-18(31-2)11-9-16)19-20(24)28(23(30)26-21(19)29)12-15-6-4-3-5-7-15/h3-11,14H,12-13,24H2,1-2H3,(H,26,29,30). The minimum absolute atomic E-state index is 0.121. The topological polar surface area (TPSA) is 106 Å². The molecule has 2 aromatic heterocycles. The van der Waals surface area contributed by atoms with Gasteiger partial charge in [0, 0.05) is 18.0 Å². The van der Waals surface area contributed by atoms with Crippen LogP contribution in [0, 0.1) is 0 Å². The monoisotopic (exact) mass is 449 g/mol. The van der Waals surface area contributed by atoms with E-state index in [1.807, 2.05) is 60.0 Å². The lowest BCUT2D eigenvalue weighted by atomic mass is 10.2. The summed E-state index contributed by atoms with van der Waals surface area (Å²) >= 11 is 1.52. The number of nitrogen functional groups attached to an aromatic ring is 1. The fraction of sp³-hybridized carbons (Fsp3) is 0.174. The smallest absolute Gasteiger partial charge is 0.330 e. The molecule has 0 spiro atoms. The van der Waals surface area contributed by atoms with Gasteiger partial charge in [0.05, 0.1) is 25.9 Å². The second-order valence-corrected chi connectivity index (χ2v) is 8.15. The first-order chi connectivity index (χ1) is 15.5. The van der Waals surface area contributed by atoms with Crippen molar-refractivity contribution in [1.82, 2.24) is 14.5 Å². The van der Waals surface area contributed by atoms with Crippen molar-refractivity contribution < 1.29 is 4.74 Å². The molecular formula is C23H23N5O3S. The summed E-state index contributed by atoms with van der Waals surface area (Å²) in [6.07, 6.45) is 0. The van der Waals surface area contributed by atoms with Crippen LogP contribution in [0.1, 0.15) is 11.3 Å². The van der Waals surface area contributed by atoms with Crippen molar-refractivity contribution in [2.45, 2.75) is 13.1 Å². The fourth-order valence-electron chi connectivity index (χ4n) is 3.44. The Balaban J connectivity index is 1.59.